The molecule has 0 fully saturated rings. The van der Waals surface area contributed by atoms with E-state index in [-0.39, 0.29) is 23.5 Å². The van der Waals surface area contributed by atoms with Gasteiger partial charge in [-0.15, -0.1) is 0 Å². The maximum absolute atomic E-state index is 14.8. The number of fused-ring (bicyclic) bond motifs is 1. The number of nitrogens with two attached hydrogens (primary N) is 1. The van der Waals surface area contributed by atoms with Crippen LogP contribution < -0.4 is 31.7 Å². The summed E-state index contributed by atoms with van der Waals surface area (Å²) in [6.45, 7) is 4.73. The number of benzene rings is 3. The molecular formula is C31H42FN5O5. The Morgan fingerprint density at radius 1 is 0.857 bits per heavy atom. The lowest BCUT2D eigenvalue weighted by molar-refractivity contribution is 0.0601. The molecule has 0 unspecified atom stereocenters. The Morgan fingerprint density at radius 3 is 2.29 bits per heavy atom. The third kappa shape index (κ3) is 9.86. The molecule has 3 aromatic rings. The molecule has 1 amide bonds. The van der Waals surface area contributed by atoms with Crippen LogP contribution in [-0.4, -0.2) is 65.6 Å². The molecule has 228 valence electrons. The minimum atomic E-state index is -0.813. The van der Waals surface area contributed by atoms with E-state index in [0.29, 0.717) is 24.4 Å². The SMILES string of the molecule is COC(=O)c1cc(F)c(NCCCNCCCCNCCCN)cc1NC(=O)OCc1ccc2ccccc2c1OC. The standard InChI is InChI=1S/C31H42FN5O5/c1-40-29-23(12-11-22-9-3-4-10-24(22)29)21-42-31(39)37-27-20-28(26(32)19-25(27)30(38)41-2)36-18-8-17-35-15-6-5-14-34-16-7-13-33/h3-4,9-12,19-20,34-36H,5-8,13-18,21,33H2,1-2H3,(H,37,39). The molecule has 0 saturated heterocycles. The minimum absolute atomic E-state index is 0.0689. The van der Waals surface area contributed by atoms with Gasteiger partial charge in [-0.2, -0.15) is 0 Å². The van der Waals surface area contributed by atoms with Crippen molar-refractivity contribution >= 4 is 34.2 Å². The molecule has 0 spiro atoms. The Balaban J connectivity index is 1.52. The average Bonchev–Trinajstić information content (AvgIpc) is 3.00. The zero-order chi connectivity index (χ0) is 30.2. The van der Waals surface area contributed by atoms with Crippen LogP contribution >= 0.6 is 0 Å². The second-order valence-corrected chi connectivity index (χ2v) is 9.68. The predicted octanol–water partition coefficient (Wildman–Crippen LogP) is 4.63. The van der Waals surface area contributed by atoms with Gasteiger partial charge < -0.3 is 35.9 Å². The van der Waals surface area contributed by atoms with Gasteiger partial charge >= 0.3 is 12.1 Å². The molecule has 0 saturated carbocycles. The largest absolute Gasteiger partial charge is 0.496 e. The highest BCUT2D eigenvalue weighted by Crippen LogP contribution is 2.30. The number of ether oxygens (including phenoxy) is 3. The summed E-state index contributed by atoms with van der Waals surface area (Å²) in [4.78, 5) is 25.0. The number of carbonyl (C=O) groups excluding carboxylic acids is 2. The summed E-state index contributed by atoms with van der Waals surface area (Å²) in [5.74, 6) is -0.815. The number of amides is 1. The first-order valence-electron chi connectivity index (χ1n) is 14.2. The van der Waals surface area contributed by atoms with Gasteiger partial charge in [0.1, 0.15) is 18.2 Å². The van der Waals surface area contributed by atoms with E-state index in [4.69, 9.17) is 19.9 Å². The van der Waals surface area contributed by atoms with Crippen molar-refractivity contribution in [1.29, 1.82) is 0 Å². The summed E-state index contributed by atoms with van der Waals surface area (Å²) in [7, 11) is 2.74. The first-order valence-corrected chi connectivity index (χ1v) is 14.2. The van der Waals surface area contributed by atoms with Crippen molar-refractivity contribution in [2.75, 3.05) is 64.1 Å². The first-order chi connectivity index (χ1) is 20.5. The number of methoxy groups -OCH3 is 2. The topological polar surface area (TPSA) is 136 Å². The first kappa shape index (κ1) is 32.6. The third-order valence-corrected chi connectivity index (χ3v) is 6.63. The zero-order valence-electron chi connectivity index (χ0n) is 24.4. The Morgan fingerprint density at radius 2 is 1.57 bits per heavy atom. The lowest BCUT2D eigenvalue weighted by atomic mass is 10.1. The van der Waals surface area contributed by atoms with Crippen molar-refractivity contribution in [2.45, 2.75) is 32.3 Å². The highest BCUT2D eigenvalue weighted by Gasteiger charge is 2.19. The second kappa shape index (κ2) is 17.8. The molecule has 3 rings (SSSR count). The lowest BCUT2D eigenvalue weighted by Gasteiger charge is -2.15. The molecule has 11 heteroatoms. The molecule has 0 aliphatic rings. The Kier molecular flexibility index (Phi) is 13.8. The van der Waals surface area contributed by atoms with Gasteiger partial charge in [0.05, 0.1) is 31.2 Å². The molecule has 0 aromatic heterocycles. The van der Waals surface area contributed by atoms with E-state index in [0.717, 1.165) is 68.7 Å². The molecule has 3 aromatic carbocycles. The summed E-state index contributed by atoms with van der Waals surface area (Å²) in [6.07, 6.45) is 3.07. The Hall–Kier alpha value is -3.93. The van der Waals surface area contributed by atoms with Crippen LogP contribution in [0.4, 0.5) is 20.6 Å². The fourth-order valence-corrected chi connectivity index (χ4v) is 4.44. The van der Waals surface area contributed by atoms with E-state index in [2.05, 4.69) is 21.3 Å². The van der Waals surface area contributed by atoms with Gasteiger partial charge in [-0.25, -0.2) is 14.0 Å². The molecule has 0 aliphatic heterocycles. The minimum Gasteiger partial charge on any atom is -0.496 e. The second-order valence-electron chi connectivity index (χ2n) is 9.68. The van der Waals surface area contributed by atoms with Crippen LogP contribution in [0.2, 0.25) is 0 Å². The van der Waals surface area contributed by atoms with Gasteiger partial charge in [0.15, 0.2) is 0 Å². The summed E-state index contributed by atoms with van der Waals surface area (Å²) >= 11 is 0. The van der Waals surface area contributed by atoms with Crippen molar-refractivity contribution in [3.05, 3.63) is 65.5 Å². The molecule has 0 radical (unpaired) electrons. The average molecular weight is 584 g/mol. The maximum Gasteiger partial charge on any atom is 0.411 e. The lowest BCUT2D eigenvalue weighted by Crippen LogP contribution is -2.22. The highest BCUT2D eigenvalue weighted by molar-refractivity contribution is 6.00. The van der Waals surface area contributed by atoms with Crippen molar-refractivity contribution < 1.29 is 28.2 Å². The molecule has 0 bridgehead atoms. The molecule has 6 N–H and O–H groups in total. The van der Waals surface area contributed by atoms with E-state index in [1.165, 1.54) is 13.2 Å². The third-order valence-electron chi connectivity index (χ3n) is 6.63. The number of nitrogens with one attached hydrogen (secondary N) is 4. The van der Waals surface area contributed by atoms with Crippen LogP contribution in [0.5, 0.6) is 5.75 Å². The summed E-state index contributed by atoms with van der Waals surface area (Å²) in [5.41, 5.74) is 6.25. The van der Waals surface area contributed by atoms with E-state index >= 15 is 0 Å². The maximum atomic E-state index is 14.8. The number of esters is 1. The van der Waals surface area contributed by atoms with Gasteiger partial charge in [0.2, 0.25) is 0 Å². The summed E-state index contributed by atoms with van der Waals surface area (Å²) in [5, 5.41) is 14.2. The van der Waals surface area contributed by atoms with Gasteiger partial charge in [-0.1, -0.05) is 36.4 Å². The number of anilines is 2. The fourth-order valence-electron chi connectivity index (χ4n) is 4.44. The van der Waals surface area contributed by atoms with Crippen LogP contribution in [0.3, 0.4) is 0 Å². The normalized spacial score (nSPS) is 10.9. The molecule has 0 atom stereocenters. The fraction of sp³-hybridized carbons (Fsp3) is 0.419. The Labute approximate surface area is 246 Å². The van der Waals surface area contributed by atoms with Crippen molar-refractivity contribution in [1.82, 2.24) is 10.6 Å². The van der Waals surface area contributed by atoms with Gasteiger partial charge in [0.25, 0.3) is 0 Å². The molecule has 0 heterocycles. The monoisotopic (exact) mass is 583 g/mol. The molecule has 10 nitrogen and oxygen atoms in total. The molecule has 42 heavy (non-hydrogen) atoms. The van der Waals surface area contributed by atoms with Gasteiger partial charge in [-0.3, -0.25) is 5.32 Å². The quantitative estimate of drug-likeness (QED) is 0.107. The molecule has 0 aliphatic carbocycles. The number of carbonyl (C=O) groups is 2. The van der Waals surface area contributed by atoms with E-state index in [9.17, 15) is 14.0 Å². The number of rotatable bonds is 18. The van der Waals surface area contributed by atoms with Crippen LogP contribution in [0.25, 0.3) is 10.8 Å². The van der Waals surface area contributed by atoms with Gasteiger partial charge in [0, 0.05) is 17.5 Å². The predicted molar refractivity (Wildman–Crippen MR) is 164 cm³/mol. The van der Waals surface area contributed by atoms with Crippen molar-refractivity contribution in [3.8, 4) is 5.75 Å². The van der Waals surface area contributed by atoms with Crippen LogP contribution in [0.15, 0.2) is 48.5 Å². The summed E-state index contributed by atoms with van der Waals surface area (Å²) in [6, 6.07) is 13.9. The number of halogens is 1. The van der Waals surface area contributed by atoms with E-state index < -0.39 is 17.9 Å². The Bertz CT molecular complexity index is 1310. The van der Waals surface area contributed by atoms with Crippen LogP contribution in [0.1, 0.15) is 41.6 Å². The zero-order valence-corrected chi connectivity index (χ0v) is 24.4. The smallest absolute Gasteiger partial charge is 0.411 e. The number of hydrogen-bond acceptors (Lipinski definition) is 9. The van der Waals surface area contributed by atoms with E-state index in [1.54, 1.807) is 7.11 Å². The van der Waals surface area contributed by atoms with Crippen LogP contribution in [-0.2, 0) is 16.1 Å². The van der Waals surface area contributed by atoms with Crippen molar-refractivity contribution in [2.24, 2.45) is 5.73 Å². The summed E-state index contributed by atoms with van der Waals surface area (Å²) < 4.78 is 30.6. The van der Waals surface area contributed by atoms with E-state index in [1.807, 2.05) is 36.4 Å². The van der Waals surface area contributed by atoms with Crippen molar-refractivity contribution in [3.63, 3.8) is 0 Å². The molecular weight excluding hydrogens is 541 g/mol. The number of hydrogen-bond donors (Lipinski definition) is 5. The van der Waals surface area contributed by atoms with Crippen LogP contribution in [0, 0.1) is 5.82 Å². The number of unbranched alkanes of at least 4 members (excludes halogenated alkanes) is 1. The highest BCUT2D eigenvalue weighted by atomic mass is 19.1. The van der Waals surface area contributed by atoms with Gasteiger partial charge in [-0.05, 0) is 75.9 Å².